The number of pyridine rings is 6. The van der Waals surface area contributed by atoms with Crippen molar-refractivity contribution in [3.05, 3.63) is 305 Å². The molecule has 0 spiro atoms. The van der Waals surface area contributed by atoms with Gasteiger partial charge in [-0.15, -0.1) is 0 Å². The fraction of sp³-hybridized carbons (Fsp3) is 0.0137. The molecule has 6 aromatic heterocycles. The van der Waals surface area contributed by atoms with Crippen LogP contribution in [0.4, 0.5) is 4.70 Å². The topological polar surface area (TPSA) is 116 Å². The summed E-state index contributed by atoms with van der Waals surface area (Å²) >= 11 is 4.60. The molecule has 0 radical (unpaired) electrons. The standard InChI is InChI=1S/C46H24N2O4.C21H13NO2.C6H4I2.FH/c49-43-29-10-1-3-16-37(29)47-39-20-18-27(23-35(39)45(51)33-14-6-12-31(43)41(33)47)25-8-5-9-26(22-25)28-19-21-40-36(24-28)46(52)34-15-7-13-32-42(34)48(40)38-17-4-2-11-30(38)44(32)50;1-12-9-10-18-16(11-12)21(24)15-7-4-6-14-19(15)22(18)17-8-3-2-5-13(17)20(14)23;7-5-2-1-3-6(8)4-5;/h1-24H;2-11H,1H3;1-4H;1H. The van der Waals surface area contributed by atoms with Crippen molar-refractivity contribution in [2.45, 2.75) is 6.92 Å². The molecule has 0 aliphatic carbocycles. The summed E-state index contributed by atoms with van der Waals surface area (Å²) in [4.78, 5) is 80.9. The van der Waals surface area contributed by atoms with E-state index in [9.17, 15) is 28.8 Å². The number of para-hydroxylation sites is 6. The fourth-order valence-electron chi connectivity index (χ4n) is 12.6. The Hall–Kier alpha value is -9.77. The van der Waals surface area contributed by atoms with E-state index in [-0.39, 0.29) is 37.3 Å². The summed E-state index contributed by atoms with van der Waals surface area (Å²) in [6, 6.07) is 72.9. The van der Waals surface area contributed by atoms with Crippen LogP contribution in [0.3, 0.4) is 0 Å². The van der Waals surface area contributed by atoms with Crippen molar-refractivity contribution in [2.24, 2.45) is 0 Å². The molecule has 17 aromatic rings. The Morgan fingerprint density at radius 3 is 0.871 bits per heavy atom. The first-order valence-electron chi connectivity index (χ1n) is 27.2. The van der Waals surface area contributed by atoms with E-state index < -0.39 is 0 Å². The highest BCUT2D eigenvalue weighted by Gasteiger charge is 2.21. The molecule has 12 heteroatoms. The number of rotatable bonds is 2. The van der Waals surface area contributed by atoms with Crippen LogP contribution >= 0.6 is 45.2 Å². The molecule has 0 aliphatic rings. The van der Waals surface area contributed by atoms with Gasteiger partial charge in [-0.25, -0.2) is 0 Å². The third-order valence-corrected chi connectivity index (χ3v) is 17.7. The molecule has 11 aromatic carbocycles. The molecule has 406 valence electrons. The number of hydrogen-bond acceptors (Lipinski definition) is 6. The normalized spacial score (nSPS) is 11.7. The largest absolute Gasteiger partial charge is 0.308 e. The van der Waals surface area contributed by atoms with Gasteiger partial charge < -0.3 is 13.2 Å². The third kappa shape index (κ3) is 8.28. The van der Waals surface area contributed by atoms with Crippen LogP contribution in [0, 0.1) is 14.1 Å². The smallest absolute Gasteiger partial charge is 0.197 e. The molecule has 0 amide bonds. The van der Waals surface area contributed by atoms with E-state index >= 15 is 0 Å². The van der Waals surface area contributed by atoms with Gasteiger partial charge in [0, 0.05) is 71.8 Å². The van der Waals surface area contributed by atoms with Gasteiger partial charge >= 0.3 is 0 Å². The Balaban J connectivity index is 0.000000160. The summed E-state index contributed by atoms with van der Waals surface area (Å²) in [6.45, 7) is 1.98. The maximum atomic E-state index is 14.1. The number of fused-ring (bicyclic) bond motifs is 12. The lowest BCUT2D eigenvalue weighted by Crippen LogP contribution is -2.14. The van der Waals surface area contributed by atoms with E-state index in [1.807, 2.05) is 161 Å². The first-order valence-corrected chi connectivity index (χ1v) is 29.3. The molecular formula is C73H42FI2N3O6. The number of benzene rings is 11. The fourth-order valence-corrected chi connectivity index (χ4v) is 14.2. The van der Waals surface area contributed by atoms with E-state index in [2.05, 4.69) is 79.9 Å². The number of aromatic nitrogens is 3. The molecule has 0 saturated carbocycles. The van der Waals surface area contributed by atoms with E-state index in [0.717, 1.165) is 60.9 Å². The van der Waals surface area contributed by atoms with E-state index in [0.29, 0.717) is 81.2 Å². The van der Waals surface area contributed by atoms with Gasteiger partial charge in [0.25, 0.3) is 0 Å². The molecule has 0 saturated heterocycles. The number of nitrogens with zero attached hydrogens (tertiary/aromatic N) is 3. The zero-order valence-corrected chi connectivity index (χ0v) is 49.2. The van der Waals surface area contributed by atoms with Crippen molar-refractivity contribution >= 4 is 159 Å². The molecule has 0 N–H and O–H groups in total. The second-order valence-electron chi connectivity index (χ2n) is 21.1. The molecule has 0 aliphatic heterocycles. The number of halogens is 3. The van der Waals surface area contributed by atoms with E-state index in [4.69, 9.17) is 0 Å². The van der Waals surface area contributed by atoms with Crippen molar-refractivity contribution < 1.29 is 4.70 Å². The van der Waals surface area contributed by atoms with Crippen LogP contribution in [-0.2, 0) is 0 Å². The third-order valence-electron chi connectivity index (χ3n) is 16.3. The second kappa shape index (κ2) is 20.5. The molecule has 85 heavy (non-hydrogen) atoms. The van der Waals surface area contributed by atoms with Crippen molar-refractivity contribution in [3.63, 3.8) is 0 Å². The first-order chi connectivity index (χ1) is 40.9. The number of aryl methyl sites for hydroxylation is 1. The van der Waals surface area contributed by atoms with E-state index in [1.54, 1.807) is 54.6 Å². The monoisotopic (exact) mass is 1330 g/mol. The van der Waals surface area contributed by atoms with E-state index in [1.165, 1.54) is 7.14 Å². The molecule has 0 bridgehead atoms. The van der Waals surface area contributed by atoms with Crippen molar-refractivity contribution in [3.8, 4) is 22.3 Å². The number of hydrogen-bond donors (Lipinski definition) is 0. The summed E-state index contributed by atoms with van der Waals surface area (Å²) in [5.41, 5.74) is 10.8. The lowest BCUT2D eigenvalue weighted by atomic mass is 9.96. The first kappa shape index (κ1) is 53.2. The van der Waals surface area contributed by atoms with Gasteiger partial charge in [-0.2, -0.15) is 0 Å². The Morgan fingerprint density at radius 2 is 0.518 bits per heavy atom. The minimum atomic E-state index is -0.120. The average Bonchev–Trinajstić information content (AvgIpc) is 0.911. The minimum Gasteiger partial charge on any atom is -0.308 e. The highest BCUT2D eigenvalue weighted by atomic mass is 127. The Bertz CT molecular complexity index is 5830. The second-order valence-corrected chi connectivity index (χ2v) is 23.6. The van der Waals surface area contributed by atoms with Gasteiger partial charge in [-0.1, -0.05) is 103 Å². The summed E-state index contributed by atoms with van der Waals surface area (Å²) in [5.74, 6) is 0. The van der Waals surface area contributed by atoms with Crippen molar-refractivity contribution in [1.29, 1.82) is 0 Å². The maximum absolute atomic E-state index is 14.1. The van der Waals surface area contributed by atoms with Crippen LogP contribution in [0.15, 0.2) is 259 Å². The lowest BCUT2D eigenvalue weighted by molar-refractivity contribution is 1.11. The summed E-state index contributed by atoms with van der Waals surface area (Å²) < 4.78 is 8.74. The molecule has 9 nitrogen and oxygen atoms in total. The Morgan fingerprint density at radius 1 is 0.247 bits per heavy atom. The molecule has 0 fully saturated rings. The van der Waals surface area contributed by atoms with Gasteiger partial charge in [0.2, 0.25) is 0 Å². The summed E-state index contributed by atoms with van der Waals surface area (Å²) in [5, 5.41) is 6.94. The van der Waals surface area contributed by atoms with Gasteiger partial charge in [0.1, 0.15) is 0 Å². The van der Waals surface area contributed by atoms with Crippen molar-refractivity contribution in [1.82, 2.24) is 13.2 Å². The predicted octanol–water partition coefficient (Wildman–Crippen LogP) is 15.7. The molecule has 0 unspecified atom stereocenters. The minimum absolute atomic E-state index is 0. The van der Waals surface area contributed by atoms with Crippen LogP contribution in [0.25, 0.3) is 137 Å². The molecule has 0 atom stereocenters. The zero-order valence-electron chi connectivity index (χ0n) is 44.9. The Labute approximate surface area is 507 Å². The quantitative estimate of drug-likeness (QED) is 0.0967. The summed E-state index contributed by atoms with van der Waals surface area (Å²) in [7, 11) is 0. The highest BCUT2D eigenvalue weighted by Crippen LogP contribution is 2.34. The lowest BCUT2D eigenvalue weighted by Gasteiger charge is -2.15. The van der Waals surface area contributed by atoms with Gasteiger partial charge in [-0.3, -0.25) is 33.5 Å². The van der Waals surface area contributed by atoms with Crippen LogP contribution in [0.1, 0.15) is 5.56 Å². The SMILES string of the molecule is Cc1ccc2c(c1)c(=O)c1cccc3c(=O)c4ccccc4n2c31.F.Ic1cccc(I)c1.O=c1c2ccccc2n2c3ccc(-c4cccc(-c5ccc6c(c5)c(=O)c5cccc7c(=O)c8ccccc8n6c75)c4)cc3c(=O)c3cccc1c32. The van der Waals surface area contributed by atoms with Gasteiger partial charge in [0.15, 0.2) is 32.6 Å². The molecular weight excluding hydrogens is 1290 g/mol. The highest BCUT2D eigenvalue weighted by molar-refractivity contribution is 14.1. The molecule has 6 heterocycles. The zero-order chi connectivity index (χ0) is 57.2. The maximum Gasteiger partial charge on any atom is 0.197 e. The van der Waals surface area contributed by atoms with Gasteiger partial charge in [0.05, 0.1) is 49.7 Å². The van der Waals surface area contributed by atoms with Crippen LogP contribution in [0.5, 0.6) is 0 Å². The molecule has 17 rings (SSSR count). The predicted molar refractivity (Wildman–Crippen MR) is 364 cm³/mol. The Kier molecular flexibility index (Phi) is 12.9. The summed E-state index contributed by atoms with van der Waals surface area (Å²) in [6.07, 6.45) is 0. The average molecular weight is 1330 g/mol. The van der Waals surface area contributed by atoms with Gasteiger partial charge in [-0.05, 0) is 208 Å². The van der Waals surface area contributed by atoms with Crippen LogP contribution in [-0.4, -0.2) is 13.2 Å². The van der Waals surface area contributed by atoms with Crippen molar-refractivity contribution in [2.75, 3.05) is 0 Å². The van der Waals surface area contributed by atoms with Crippen LogP contribution in [0.2, 0.25) is 0 Å². The van der Waals surface area contributed by atoms with Crippen LogP contribution < -0.4 is 32.6 Å².